The third kappa shape index (κ3) is 3.86. The van der Waals surface area contributed by atoms with E-state index in [0.717, 1.165) is 49.5 Å². The lowest BCUT2D eigenvalue weighted by molar-refractivity contribution is 0.0656. The van der Waals surface area contributed by atoms with E-state index >= 15 is 0 Å². The number of piperidine rings is 1. The van der Waals surface area contributed by atoms with Crippen molar-refractivity contribution in [1.29, 1.82) is 0 Å². The minimum atomic E-state index is 0.0117. The van der Waals surface area contributed by atoms with Crippen LogP contribution in [0.1, 0.15) is 23.3 Å². The van der Waals surface area contributed by atoms with Crippen molar-refractivity contribution in [2.24, 2.45) is 5.92 Å². The number of aromatic nitrogens is 4. The van der Waals surface area contributed by atoms with Crippen molar-refractivity contribution < 1.29 is 9.53 Å². The third-order valence-electron chi connectivity index (χ3n) is 5.03. The molecule has 1 aliphatic rings. The van der Waals surface area contributed by atoms with Crippen LogP contribution in [0.15, 0.2) is 49.1 Å². The van der Waals surface area contributed by atoms with Crippen LogP contribution in [-0.4, -0.2) is 50.8 Å². The molecule has 1 aliphatic heterocycles. The smallest absolute Gasteiger partial charge is 0.271 e. The molecule has 1 N–H and O–H groups in total. The molecule has 1 aromatic carbocycles. The highest BCUT2D eigenvalue weighted by atomic mass is 16.5. The number of hydrogen-bond acceptors (Lipinski definition) is 4. The van der Waals surface area contributed by atoms with E-state index in [1.807, 2.05) is 47.8 Å². The molecule has 0 radical (unpaired) electrons. The second-order valence-electron chi connectivity index (χ2n) is 6.91. The summed E-state index contributed by atoms with van der Waals surface area (Å²) in [6.45, 7) is 2.44. The molecule has 2 aromatic heterocycles. The van der Waals surface area contributed by atoms with Crippen molar-refractivity contribution in [1.82, 2.24) is 24.6 Å². The Kier molecular flexibility index (Phi) is 4.91. The van der Waals surface area contributed by atoms with Gasteiger partial charge in [-0.1, -0.05) is 0 Å². The molecule has 0 saturated carbocycles. The Morgan fingerprint density at radius 1 is 1.33 bits per heavy atom. The number of nitrogens with one attached hydrogen (secondary N) is 1. The van der Waals surface area contributed by atoms with Crippen molar-refractivity contribution in [3.05, 3.63) is 54.7 Å². The molecule has 27 heavy (non-hydrogen) atoms. The minimum absolute atomic E-state index is 0.0117. The van der Waals surface area contributed by atoms with E-state index in [0.29, 0.717) is 11.6 Å². The van der Waals surface area contributed by atoms with Crippen LogP contribution < -0.4 is 4.74 Å². The third-order valence-corrected chi connectivity index (χ3v) is 5.03. The summed E-state index contributed by atoms with van der Waals surface area (Å²) < 4.78 is 7.26. The van der Waals surface area contributed by atoms with E-state index in [1.165, 1.54) is 0 Å². The van der Waals surface area contributed by atoms with Crippen molar-refractivity contribution in [2.75, 3.05) is 20.2 Å². The summed E-state index contributed by atoms with van der Waals surface area (Å²) in [4.78, 5) is 18.9. The number of nitrogens with zero attached hydrogens (tertiary/aromatic N) is 4. The summed E-state index contributed by atoms with van der Waals surface area (Å²) in [6.07, 6.45) is 7.73. The molecule has 7 heteroatoms. The Bertz CT molecular complexity index is 886. The fourth-order valence-electron chi connectivity index (χ4n) is 3.60. The monoisotopic (exact) mass is 365 g/mol. The molecule has 0 spiro atoms. The predicted octanol–water partition coefficient (Wildman–Crippen LogP) is 2.83. The van der Waals surface area contributed by atoms with Crippen LogP contribution in [0.3, 0.4) is 0 Å². The number of likely N-dealkylation sites (tertiary alicyclic amines) is 1. The number of carbonyl (C=O) groups excluding carboxylic acids is 1. The average molecular weight is 365 g/mol. The van der Waals surface area contributed by atoms with Gasteiger partial charge in [-0.05, 0) is 49.1 Å². The largest absolute Gasteiger partial charge is 0.497 e. The molecule has 3 heterocycles. The van der Waals surface area contributed by atoms with Gasteiger partial charge in [-0.25, -0.2) is 4.98 Å². The molecule has 0 unspecified atom stereocenters. The summed E-state index contributed by atoms with van der Waals surface area (Å²) in [5.41, 5.74) is 2.24. The quantitative estimate of drug-likeness (QED) is 0.754. The number of carbonyl (C=O) groups is 1. The van der Waals surface area contributed by atoms with Gasteiger partial charge < -0.3 is 14.2 Å². The SMILES string of the molecule is COc1ccc(-c2cc(C(=O)N3CCC[C@@H](Cn4ccnc4)C3)[nH]n2)cc1. The van der Waals surface area contributed by atoms with Crippen LogP contribution in [0.2, 0.25) is 0 Å². The van der Waals surface area contributed by atoms with Gasteiger partial charge in [0.1, 0.15) is 11.4 Å². The Morgan fingerprint density at radius 3 is 2.93 bits per heavy atom. The van der Waals surface area contributed by atoms with Gasteiger partial charge in [0, 0.05) is 37.6 Å². The van der Waals surface area contributed by atoms with Crippen molar-refractivity contribution >= 4 is 5.91 Å². The lowest BCUT2D eigenvalue weighted by Gasteiger charge is -2.32. The van der Waals surface area contributed by atoms with Gasteiger partial charge in [-0.2, -0.15) is 5.10 Å². The molecule has 1 saturated heterocycles. The number of methoxy groups -OCH3 is 1. The van der Waals surface area contributed by atoms with Crippen molar-refractivity contribution in [2.45, 2.75) is 19.4 Å². The van der Waals surface area contributed by atoms with Gasteiger partial charge in [0.05, 0.1) is 19.1 Å². The standard InChI is InChI=1S/C20H23N5O2/c1-27-17-6-4-16(5-7-17)18-11-19(23-22-18)20(26)25-9-2-3-15(13-25)12-24-10-8-21-14-24/h4-8,10-11,14-15H,2-3,9,12-13H2,1H3,(H,22,23)/t15-/m0/s1. The van der Waals surface area contributed by atoms with Crippen molar-refractivity contribution in [3.63, 3.8) is 0 Å². The number of aromatic amines is 1. The lowest BCUT2D eigenvalue weighted by Crippen LogP contribution is -2.41. The van der Waals surface area contributed by atoms with E-state index in [9.17, 15) is 4.79 Å². The van der Waals surface area contributed by atoms with E-state index in [-0.39, 0.29) is 5.91 Å². The van der Waals surface area contributed by atoms with Crippen LogP contribution in [0.25, 0.3) is 11.3 Å². The second-order valence-corrected chi connectivity index (χ2v) is 6.91. The minimum Gasteiger partial charge on any atom is -0.497 e. The molecule has 0 aliphatic carbocycles. The predicted molar refractivity (Wildman–Crippen MR) is 101 cm³/mol. The van der Waals surface area contributed by atoms with Crippen LogP contribution >= 0.6 is 0 Å². The normalized spacial score (nSPS) is 17.1. The highest BCUT2D eigenvalue weighted by molar-refractivity contribution is 5.93. The van der Waals surface area contributed by atoms with E-state index < -0.39 is 0 Å². The zero-order valence-corrected chi connectivity index (χ0v) is 15.3. The number of imidazole rings is 1. The maximum absolute atomic E-state index is 12.9. The summed E-state index contributed by atoms with van der Waals surface area (Å²) >= 11 is 0. The first-order valence-electron chi connectivity index (χ1n) is 9.18. The first-order valence-corrected chi connectivity index (χ1v) is 9.18. The molecule has 0 bridgehead atoms. The zero-order valence-electron chi connectivity index (χ0n) is 15.3. The van der Waals surface area contributed by atoms with Gasteiger partial charge in [-0.3, -0.25) is 9.89 Å². The molecular formula is C20H23N5O2. The fraction of sp³-hybridized carbons (Fsp3) is 0.350. The van der Waals surface area contributed by atoms with E-state index in [1.54, 1.807) is 13.3 Å². The molecule has 1 atom stereocenters. The molecule has 140 valence electrons. The topological polar surface area (TPSA) is 76.0 Å². The molecule has 1 amide bonds. The van der Waals surface area contributed by atoms with Gasteiger partial charge in [0.15, 0.2) is 0 Å². The van der Waals surface area contributed by atoms with Crippen LogP contribution in [-0.2, 0) is 6.54 Å². The first-order chi connectivity index (χ1) is 13.2. The second kappa shape index (κ2) is 7.65. The Labute approximate surface area is 158 Å². The zero-order chi connectivity index (χ0) is 18.6. The number of benzene rings is 1. The average Bonchev–Trinajstić information content (AvgIpc) is 3.40. The maximum Gasteiger partial charge on any atom is 0.271 e. The number of rotatable bonds is 5. The molecule has 1 fully saturated rings. The van der Waals surface area contributed by atoms with Gasteiger partial charge in [-0.15, -0.1) is 0 Å². The summed E-state index contributed by atoms with van der Waals surface area (Å²) in [5.74, 6) is 1.25. The van der Waals surface area contributed by atoms with Crippen molar-refractivity contribution in [3.8, 4) is 17.0 Å². The lowest BCUT2D eigenvalue weighted by atomic mass is 9.97. The Balaban J connectivity index is 1.43. The number of hydrogen-bond donors (Lipinski definition) is 1. The Morgan fingerprint density at radius 2 is 2.19 bits per heavy atom. The first kappa shape index (κ1) is 17.3. The van der Waals surface area contributed by atoms with Crippen LogP contribution in [0.5, 0.6) is 5.75 Å². The molecule has 3 aromatic rings. The number of amides is 1. The van der Waals surface area contributed by atoms with Gasteiger partial charge in [0.25, 0.3) is 5.91 Å². The molecule has 7 nitrogen and oxygen atoms in total. The highest BCUT2D eigenvalue weighted by Crippen LogP contribution is 2.23. The summed E-state index contributed by atoms with van der Waals surface area (Å²) in [7, 11) is 1.64. The highest BCUT2D eigenvalue weighted by Gasteiger charge is 2.26. The summed E-state index contributed by atoms with van der Waals surface area (Å²) in [6, 6.07) is 9.47. The fourth-order valence-corrected chi connectivity index (χ4v) is 3.60. The maximum atomic E-state index is 12.9. The van der Waals surface area contributed by atoms with Gasteiger partial charge in [0.2, 0.25) is 0 Å². The van der Waals surface area contributed by atoms with Crippen LogP contribution in [0.4, 0.5) is 0 Å². The van der Waals surface area contributed by atoms with Gasteiger partial charge >= 0.3 is 0 Å². The molecular weight excluding hydrogens is 342 g/mol. The summed E-state index contributed by atoms with van der Waals surface area (Å²) in [5, 5.41) is 7.21. The molecule has 4 rings (SSSR count). The Hall–Kier alpha value is -3.09. The van der Waals surface area contributed by atoms with Crippen LogP contribution in [0, 0.1) is 5.92 Å². The van der Waals surface area contributed by atoms with E-state index in [2.05, 4.69) is 19.7 Å². The van der Waals surface area contributed by atoms with E-state index in [4.69, 9.17) is 4.74 Å². The number of H-pyrrole nitrogens is 1. The number of ether oxygens (including phenoxy) is 1.